The minimum Gasteiger partial charge on any atom is -0.485 e. The molecule has 3 unspecified atom stereocenters. The first kappa shape index (κ1) is 13.7. The molecule has 0 saturated heterocycles. The second-order valence-corrected chi connectivity index (χ2v) is 6.50. The van der Waals surface area contributed by atoms with Crippen molar-refractivity contribution in [1.82, 2.24) is 0 Å². The lowest BCUT2D eigenvalue weighted by atomic mass is 9.79. The molecule has 0 spiro atoms. The lowest BCUT2D eigenvalue weighted by Gasteiger charge is -2.42. The first-order valence-electron chi connectivity index (χ1n) is 8.45. The number of ether oxygens (including phenoxy) is 2. The normalized spacial score (nSPS) is 23.9. The highest BCUT2D eigenvalue weighted by Gasteiger charge is 2.43. The topological polar surface area (TPSA) is 18.5 Å². The van der Waals surface area contributed by atoms with Gasteiger partial charge in [0.05, 0.1) is 0 Å². The second kappa shape index (κ2) is 5.41. The van der Waals surface area contributed by atoms with E-state index in [1.165, 1.54) is 11.1 Å². The third-order valence-electron chi connectivity index (χ3n) is 5.07. The Morgan fingerprint density at radius 2 is 1.29 bits per heavy atom. The predicted molar refractivity (Wildman–Crippen MR) is 93.3 cm³/mol. The molecular formula is C22H18O2. The molecule has 24 heavy (non-hydrogen) atoms. The monoisotopic (exact) mass is 314 g/mol. The smallest absolute Gasteiger partial charge is 0.134 e. The molecule has 2 aliphatic rings. The molecule has 0 amide bonds. The van der Waals surface area contributed by atoms with E-state index in [1.54, 1.807) is 0 Å². The van der Waals surface area contributed by atoms with Crippen molar-refractivity contribution in [3.05, 3.63) is 95.6 Å². The van der Waals surface area contributed by atoms with Crippen LogP contribution in [0.15, 0.2) is 78.9 Å². The molecule has 3 atom stereocenters. The minimum absolute atomic E-state index is 0.0134. The van der Waals surface area contributed by atoms with Crippen LogP contribution in [0.3, 0.4) is 0 Å². The maximum absolute atomic E-state index is 6.43. The molecular weight excluding hydrogens is 296 g/mol. The maximum atomic E-state index is 6.43. The number of hydrogen-bond acceptors (Lipinski definition) is 2. The van der Waals surface area contributed by atoms with Gasteiger partial charge in [0.25, 0.3) is 0 Å². The molecule has 0 aromatic heterocycles. The van der Waals surface area contributed by atoms with Gasteiger partial charge in [-0.3, -0.25) is 0 Å². The molecule has 5 rings (SSSR count). The molecule has 2 nitrogen and oxygen atoms in total. The lowest BCUT2D eigenvalue weighted by Crippen LogP contribution is -2.36. The molecule has 2 heterocycles. The molecule has 118 valence electrons. The maximum Gasteiger partial charge on any atom is 0.134 e. The highest BCUT2D eigenvalue weighted by Crippen LogP contribution is 2.51. The zero-order valence-corrected chi connectivity index (χ0v) is 13.3. The largest absolute Gasteiger partial charge is 0.485 e. The van der Waals surface area contributed by atoms with Crippen LogP contribution in [0.2, 0.25) is 0 Å². The van der Waals surface area contributed by atoms with Gasteiger partial charge in [0.2, 0.25) is 0 Å². The molecule has 0 bridgehead atoms. The van der Waals surface area contributed by atoms with Crippen LogP contribution in [0, 0.1) is 5.92 Å². The van der Waals surface area contributed by atoms with E-state index in [-0.39, 0.29) is 18.1 Å². The van der Waals surface area contributed by atoms with Crippen molar-refractivity contribution in [2.24, 2.45) is 5.92 Å². The first-order valence-corrected chi connectivity index (χ1v) is 8.45. The third-order valence-corrected chi connectivity index (χ3v) is 5.07. The number of para-hydroxylation sites is 2. The fraction of sp³-hybridized carbons (Fsp3) is 0.182. The van der Waals surface area contributed by atoms with Crippen molar-refractivity contribution in [2.45, 2.75) is 18.6 Å². The number of rotatable bonds is 1. The molecule has 0 saturated carbocycles. The van der Waals surface area contributed by atoms with Crippen LogP contribution in [-0.2, 0) is 6.42 Å². The fourth-order valence-corrected chi connectivity index (χ4v) is 3.94. The van der Waals surface area contributed by atoms with Crippen LogP contribution in [0.25, 0.3) is 0 Å². The van der Waals surface area contributed by atoms with E-state index in [4.69, 9.17) is 9.47 Å². The number of benzene rings is 3. The lowest BCUT2D eigenvalue weighted by molar-refractivity contribution is 0.000386. The van der Waals surface area contributed by atoms with Crippen molar-refractivity contribution in [3.63, 3.8) is 0 Å². The van der Waals surface area contributed by atoms with Crippen LogP contribution < -0.4 is 9.47 Å². The minimum atomic E-state index is 0.0134. The summed E-state index contributed by atoms with van der Waals surface area (Å²) in [4.78, 5) is 0. The molecule has 2 aliphatic heterocycles. The van der Waals surface area contributed by atoms with Crippen molar-refractivity contribution in [1.29, 1.82) is 0 Å². The average Bonchev–Trinajstić information content (AvgIpc) is 2.66. The van der Waals surface area contributed by atoms with Gasteiger partial charge in [0.1, 0.15) is 23.7 Å². The number of fused-ring (bicyclic) bond motifs is 4. The summed E-state index contributed by atoms with van der Waals surface area (Å²) >= 11 is 0. The molecule has 0 fully saturated rings. The summed E-state index contributed by atoms with van der Waals surface area (Å²) in [5.41, 5.74) is 3.64. The van der Waals surface area contributed by atoms with E-state index in [1.807, 2.05) is 24.3 Å². The van der Waals surface area contributed by atoms with Gasteiger partial charge in [0, 0.05) is 11.5 Å². The Morgan fingerprint density at radius 1 is 0.625 bits per heavy atom. The van der Waals surface area contributed by atoms with Gasteiger partial charge in [-0.25, -0.2) is 0 Å². The van der Waals surface area contributed by atoms with Crippen molar-refractivity contribution in [3.8, 4) is 11.5 Å². The summed E-state index contributed by atoms with van der Waals surface area (Å²) in [5.74, 6) is 2.21. The van der Waals surface area contributed by atoms with E-state index in [0.29, 0.717) is 0 Å². The molecule has 0 radical (unpaired) electrons. The number of hydrogen-bond donors (Lipinski definition) is 0. The van der Waals surface area contributed by atoms with Gasteiger partial charge in [0.15, 0.2) is 0 Å². The Kier molecular flexibility index (Phi) is 3.08. The molecule has 0 N–H and O–H groups in total. The predicted octanol–water partition coefficient (Wildman–Crippen LogP) is 5.11. The summed E-state index contributed by atoms with van der Waals surface area (Å²) in [6, 6.07) is 27.1. The SMILES string of the molecule is c1ccc(C2Oc3ccccc3C3Oc4ccccc4CC23)cc1. The van der Waals surface area contributed by atoms with Gasteiger partial charge >= 0.3 is 0 Å². The standard InChI is InChI=1S/C22H18O2/c1-2-8-15(9-3-1)21-18-14-16-10-4-6-12-19(16)23-22(18)17-11-5-7-13-20(17)24-21/h1-13,18,21-22H,14H2. The van der Waals surface area contributed by atoms with Crippen LogP contribution in [0.5, 0.6) is 11.5 Å². The van der Waals surface area contributed by atoms with Crippen LogP contribution in [-0.4, -0.2) is 0 Å². The third kappa shape index (κ3) is 2.10. The zero-order valence-electron chi connectivity index (χ0n) is 13.3. The first-order chi connectivity index (χ1) is 11.9. The van der Waals surface area contributed by atoms with E-state index >= 15 is 0 Å². The Balaban J connectivity index is 1.65. The van der Waals surface area contributed by atoms with E-state index in [0.717, 1.165) is 23.5 Å². The summed E-state index contributed by atoms with van der Waals surface area (Å²) in [5, 5.41) is 0. The summed E-state index contributed by atoms with van der Waals surface area (Å²) in [6.45, 7) is 0. The van der Waals surface area contributed by atoms with E-state index in [9.17, 15) is 0 Å². The van der Waals surface area contributed by atoms with Gasteiger partial charge in [-0.15, -0.1) is 0 Å². The van der Waals surface area contributed by atoms with Crippen LogP contribution in [0.1, 0.15) is 28.9 Å². The van der Waals surface area contributed by atoms with Crippen molar-refractivity contribution in [2.75, 3.05) is 0 Å². The fourth-order valence-electron chi connectivity index (χ4n) is 3.94. The van der Waals surface area contributed by atoms with E-state index < -0.39 is 0 Å². The quantitative estimate of drug-likeness (QED) is 0.621. The Hall–Kier alpha value is -2.74. The van der Waals surface area contributed by atoms with Gasteiger partial charge in [-0.2, -0.15) is 0 Å². The molecule has 3 aromatic rings. The average molecular weight is 314 g/mol. The Morgan fingerprint density at radius 3 is 2.17 bits per heavy atom. The summed E-state index contributed by atoms with van der Waals surface area (Å²) in [6.07, 6.45) is 1.02. The Bertz CT molecular complexity index is 872. The zero-order chi connectivity index (χ0) is 15.9. The van der Waals surface area contributed by atoms with Gasteiger partial charge < -0.3 is 9.47 Å². The summed E-state index contributed by atoms with van der Waals surface area (Å²) in [7, 11) is 0. The molecule has 2 heteroatoms. The molecule has 3 aromatic carbocycles. The second-order valence-electron chi connectivity index (χ2n) is 6.50. The molecule has 0 aliphatic carbocycles. The van der Waals surface area contributed by atoms with Gasteiger partial charge in [-0.1, -0.05) is 66.7 Å². The van der Waals surface area contributed by atoms with Crippen molar-refractivity contribution >= 4 is 0 Å². The van der Waals surface area contributed by atoms with Crippen LogP contribution >= 0.6 is 0 Å². The summed E-state index contributed by atoms with van der Waals surface area (Å²) < 4.78 is 12.9. The Labute approximate surface area is 141 Å². The highest BCUT2D eigenvalue weighted by atomic mass is 16.5. The van der Waals surface area contributed by atoms with E-state index in [2.05, 4.69) is 54.6 Å². The highest BCUT2D eigenvalue weighted by molar-refractivity contribution is 5.44. The van der Waals surface area contributed by atoms with Crippen LogP contribution in [0.4, 0.5) is 0 Å². The van der Waals surface area contributed by atoms with Crippen molar-refractivity contribution < 1.29 is 9.47 Å². The van der Waals surface area contributed by atoms with Gasteiger partial charge in [-0.05, 0) is 29.7 Å².